The lowest BCUT2D eigenvalue weighted by molar-refractivity contribution is 0.185. The largest absolute Gasteiger partial charge is 0.393 e. The van der Waals surface area contributed by atoms with E-state index in [9.17, 15) is 5.11 Å². The zero-order chi connectivity index (χ0) is 16.4. The molecule has 1 aliphatic heterocycles. The number of halogens is 1. The van der Waals surface area contributed by atoms with Crippen LogP contribution in [0.5, 0.6) is 0 Å². The zero-order valence-electron chi connectivity index (χ0n) is 13.5. The van der Waals surface area contributed by atoms with Crippen LogP contribution in [0.4, 0.5) is 5.69 Å². The second-order valence-electron chi connectivity index (χ2n) is 6.11. The van der Waals surface area contributed by atoms with Crippen LogP contribution in [-0.4, -0.2) is 52.6 Å². The molecule has 0 unspecified atom stereocenters. The number of aliphatic hydroxyl groups excluding tert-OH is 1. The van der Waals surface area contributed by atoms with Crippen molar-refractivity contribution in [1.29, 1.82) is 0 Å². The highest BCUT2D eigenvalue weighted by Crippen LogP contribution is 2.32. The first kappa shape index (κ1) is 16.9. The Hall–Kier alpha value is -0.950. The number of aromatic nitrogens is 2. The third-order valence-electron chi connectivity index (χ3n) is 3.97. The van der Waals surface area contributed by atoms with Crippen LogP contribution in [0, 0.1) is 0 Å². The fraction of sp³-hybridized carbons (Fsp3) is 0.562. The number of H-pyrrole nitrogens is 1. The van der Waals surface area contributed by atoms with E-state index >= 15 is 0 Å². The van der Waals surface area contributed by atoms with Gasteiger partial charge in [0.1, 0.15) is 0 Å². The average molecular weight is 355 g/mol. The fourth-order valence-electron chi connectivity index (χ4n) is 2.92. The lowest BCUT2D eigenvalue weighted by Gasteiger charge is -2.30. The Morgan fingerprint density at radius 1 is 1.35 bits per heavy atom. The lowest BCUT2D eigenvalue weighted by atomic mass is 10.2. The first-order chi connectivity index (χ1) is 11.0. The summed E-state index contributed by atoms with van der Waals surface area (Å²) in [5.74, 6) is 0. The number of hydrogen-bond donors (Lipinski definition) is 3. The molecule has 1 aliphatic rings. The second kappa shape index (κ2) is 7.30. The molecule has 2 aromatic rings. The summed E-state index contributed by atoms with van der Waals surface area (Å²) >= 11 is 8.12. The van der Waals surface area contributed by atoms with E-state index in [1.54, 1.807) is 11.8 Å². The van der Waals surface area contributed by atoms with Gasteiger partial charge in [-0.1, -0.05) is 30.3 Å². The molecule has 0 spiro atoms. The molecule has 0 radical (unpaired) electrons. The summed E-state index contributed by atoms with van der Waals surface area (Å²) in [7, 11) is 0. The van der Waals surface area contributed by atoms with Gasteiger partial charge >= 0.3 is 0 Å². The summed E-state index contributed by atoms with van der Waals surface area (Å²) in [5.41, 5.74) is 2.95. The molecule has 0 saturated carbocycles. The predicted molar refractivity (Wildman–Crippen MR) is 97.8 cm³/mol. The molecule has 23 heavy (non-hydrogen) atoms. The van der Waals surface area contributed by atoms with E-state index < -0.39 is 0 Å². The Morgan fingerprint density at radius 3 is 2.78 bits per heavy atom. The lowest BCUT2D eigenvalue weighted by Crippen LogP contribution is -2.43. The van der Waals surface area contributed by atoms with Crippen LogP contribution in [0.1, 0.15) is 20.3 Å². The van der Waals surface area contributed by atoms with Crippen LogP contribution in [0.25, 0.3) is 11.0 Å². The van der Waals surface area contributed by atoms with E-state index in [0.29, 0.717) is 5.25 Å². The highest BCUT2D eigenvalue weighted by Gasteiger charge is 2.17. The molecule has 3 N–H and O–H groups in total. The first-order valence-corrected chi connectivity index (χ1v) is 9.28. The SMILES string of the molecule is C[C@H](C[C@@H](C)O)Sc1nc2cc(N3CCNCC3)c(Cl)cc2[nH]1. The number of nitrogens with zero attached hydrogens (tertiary/aromatic N) is 2. The van der Waals surface area contributed by atoms with Crippen molar-refractivity contribution in [2.75, 3.05) is 31.1 Å². The minimum Gasteiger partial charge on any atom is -0.393 e. The maximum atomic E-state index is 9.49. The topological polar surface area (TPSA) is 64.2 Å². The molecule has 5 nitrogen and oxygen atoms in total. The summed E-state index contributed by atoms with van der Waals surface area (Å²) in [5, 5.41) is 14.8. The maximum absolute atomic E-state index is 9.49. The van der Waals surface area contributed by atoms with Crippen LogP contribution in [-0.2, 0) is 0 Å². The molecule has 1 aromatic heterocycles. The summed E-state index contributed by atoms with van der Waals surface area (Å²) in [4.78, 5) is 10.3. The van der Waals surface area contributed by atoms with E-state index in [2.05, 4.69) is 33.2 Å². The van der Waals surface area contributed by atoms with Gasteiger partial charge in [-0.3, -0.25) is 0 Å². The number of fused-ring (bicyclic) bond motifs is 1. The highest BCUT2D eigenvalue weighted by atomic mass is 35.5. The number of rotatable bonds is 5. The van der Waals surface area contributed by atoms with Crippen LogP contribution in [0.3, 0.4) is 0 Å². The predicted octanol–water partition coefficient (Wildman–Crippen LogP) is 2.88. The van der Waals surface area contributed by atoms with E-state index in [4.69, 9.17) is 11.6 Å². The molecule has 3 rings (SSSR count). The third-order valence-corrected chi connectivity index (χ3v) is 5.29. The Balaban J connectivity index is 1.82. The van der Waals surface area contributed by atoms with Crippen molar-refractivity contribution in [3.63, 3.8) is 0 Å². The molecule has 0 bridgehead atoms. The van der Waals surface area contributed by atoms with Gasteiger partial charge in [-0.2, -0.15) is 0 Å². The van der Waals surface area contributed by atoms with Gasteiger partial charge in [0, 0.05) is 31.4 Å². The molecule has 0 aliphatic carbocycles. The van der Waals surface area contributed by atoms with Crippen molar-refractivity contribution in [1.82, 2.24) is 15.3 Å². The van der Waals surface area contributed by atoms with Gasteiger partial charge in [0.05, 0.1) is 27.8 Å². The van der Waals surface area contributed by atoms with Crippen LogP contribution in [0.2, 0.25) is 5.02 Å². The van der Waals surface area contributed by atoms with Gasteiger partial charge in [0.15, 0.2) is 5.16 Å². The van der Waals surface area contributed by atoms with Crippen molar-refractivity contribution in [2.45, 2.75) is 36.8 Å². The number of nitrogens with one attached hydrogen (secondary N) is 2. The quantitative estimate of drug-likeness (QED) is 0.720. The zero-order valence-corrected chi connectivity index (χ0v) is 15.0. The highest BCUT2D eigenvalue weighted by molar-refractivity contribution is 7.99. The molecule has 0 amide bonds. The van der Waals surface area contributed by atoms with Crippen LogP contribution in [0.15, 0.2) is 17.3 Å². The molecule has 2 atom stereocenters. The van der Waals surface area contributed by atoms with Gasteiger partial charge in [-0.15, -0.1) is 0 Å². The summed E-state index contributed by atoms with van der Waals surface area (Å²) in [6.45, 7) is 7.80. The number of aliphatic hydroxyl groups is 1. The molecule has 126 valence electrons. The standard InChI is InChI=1S/C16H23ClN4OS/c1-10(22)7-11(2)23-16-19-13-8-12(17)15(9-14(13)20-16)21-5-3-18-4-6-21/h8-11,18,22H,3-7H2,1-2H3,(H,19,20)/t10-,11-/m1/s1. The molecule has 7 heteroatoms. The fourth-order valence-corrected chi connectivity index (χ4v) is 4.28. The van der Waals surface area contributed by atoms with Crippen LogP contribution >= 0.6 is 23.4 Å². The molecule has 1 fully saturated rings. The Morgan fingerprint density at radius 2 is 2.09 bits per heavy atom. The molecule has 2 heterocycles. The van der Waals surface area contributed by atoms with Crippen molar-refractivity contribution in [3.05, 3.63) is 17.2 Å². The van der Waals surface area contributed by atoms with Gasteiger partial charge in [0.2, 0.25) is 0 Å². The Labute approximate surface area is 145 Å². The molecular weight excluding hydrogens is 332 g/mol. The van der Waals surface area contributed by atoms with E-state index in [1.807, 2.05) is 13.0 Å². The van der Waals surface area contributed by atoms with Crippen molar-refractivity contribution in [2.24, 2.45) is 0 Å². The summed E-state index contributed by atoms with van der Waals surface area (Å²) in [6.07, 6.45) is 0.449. The monoisotopic (exact) mass is 354 g/mol. The van der Waals surface area contributed by atoms with Gasteiger partial charge in [-0.25, -0.2) is 4.98 Å². The molecule has 1 aromatic carbocycles. The minimum atomic E-state index is -0.296. The number of thioether (sulfide) groups is 1. The van der Waals surface area contributed by atoms with Gasteiger partial charge in [0.25, 0.3) is 0 Å². The second-order valence-corrected chi connectivity index (χ2v) is 7.95. The number of aromatic amines is 1. The Kier molecular flexibility index (Phi) is 5.36. The smallest absolute Gasteiger partial charge is 0.166 e. The minimum absolute atomic E-state index is 0.296. The number of benzene rings is 1. The molecular formula is C16H23ClN4OS. The third kappa shape index (κ3) is 4.12. The van der Waals surface area contributed by atoms with E-state index in [0.717, 1.165) is 59.5 Å². The van der Waals surface area contributed by atoms with Crippen molar-refractivity contribution in [3.8, 4) is 0 Å². The van der Waals surface area contributed by atoms with Crippen molar-refractivity contribution < 1.29 is 5.11 Å². The van der Waals surface area contributed by atoms with Crippen molar-refractivity contribution >= 4 is 40.1 Å². The number of piperazine rings is 1. The van der Waals surface area contributed by atoms with Gasteiger partial charge in [-0.05, 0) is 25.5 Å². The van der Waals surface area contributed by atoms with E-state index in [1.165, 1.54) is 0 Å². The number of imidazole rings is 1. The normalized spacial score (nSPS) is 18.3. The summed E-state index contributed by atoms with van der Waals surface area (Å²) < 4.78 is 0. The van der Waals surface area contributed by atoms with E-state index in [-0.39, 0.29) is 6.10 Å². The number of hydrogen-bond acceptors (Lipinski definition) is 5. The van der Waals surface area contributed by atoms with Crippen LogP contribution < -0.4 is 10.2 Å². The first-order valence-electron chi connectivity index (χ1n) is 8.02. The average Bonchev–Trinajstić information content (AvgIpc) is 2.87. The summed E-state index contributed by atoms with van der Waals surface area (Å²) in [6, 6.07) is 4.04. The number of anilines is 1. The van der Waals surface area contributed by atoms with Gasteiger partial charge < -0.3 is 20.3 Å². The maximum Gasteiger partial charge on any atom is 0.166 e. The molecule has 1 saturated heterocycles. The Bertz CT molecular complexity index is 669.